The number of carbonyl (C=O) groups is 1. The molecule has 3 N–H and O–H groups in total. The van der Waals surface area contributed by atoms with Crippen LogP contribution in [0.5, 0.6) is 0 Å². The molecule has 0 fully saturated rings. The lowest BCUT2D eigenvalue weighted by Gasteiger charge is -2.09. The Balaban J connectivity index is 3.02. The summed E-state index contributed by atoms with van der Waals surface area (Å²) < 4.78 is 13.3. The minimum absolute atomic E-state index is 0.193. The van der Waals surface area contributed by atoms with Crippen LogP contribution < -0.4 is 11.1 Å². The molecule has 0 saturated carbocycles. The van der Waals surface area contributed by atoms with Crippen molar-refractivity contribution in [3.63, 3.8) is 0 Å². The standard InChI is InChI=1S/C10H13FN2O/c1-2-6-13-9-7(10(12)14)4-3-5-8(9)11/h3-5,13H,2,6H2,1H3,(H2,12,14). The Morgan fingerprint density at radius 1 is 1.57 bits per heavy atom. The van der Waals surface area contributed by atoms with Gasteiger partial charge in [-0.3, -0.25) is 4.79 Å². The Morgan fingerprint density at radius 2 is 2.29 bits per heavy atom. The SMILES string of the molecule is CCCNc1c(F)cccc1C(N)=O. The average Bonchev–Trinajstić information content (AvgIpc) is 2.15. The fraction of sp³-hybridized carbons (Fsp3) is 0.300. The van der Waals surface area contributed by atoms with Crippen molar-refractivity contribution < 1.29 is 9.18 Å². The van der Waals surface area contributed by atoms with Gasteiger partial charge in [0.1, 0.15) is 5.82 Å². The maximum atomic E-state index is 13.3. The highest BCUT2D eigenvalue weighted by Crippen LogP contribution is 2.19. The molecular weight excluding hydrogens is 183 g/mol. The molecule has 1 rings (SSSR count). The summed E-state index contributed by atoms with van der Waals surface area (Å²) in [7, 11) is 0. The van der Waals surface area contributed by atoms with Crippen molar-refractivity contribution in [2.45, 2.75) is 13.3 Å². The van der Waals surface area contributed by atoms with Gasteiger partial charge in [-0.15, -0.1) is 0 Å². The van der Waals surface area contributed by atoms with Crippen LogP contribution in [0.25, 0.3) is 0 Å². The van der Waals surface area contributed by atoms with Crippen molar-refractivity contribution in [3.8, 4) is 0 Å². The van der Waals surface area contributed by atoms with Gasteiger partial charge in [0.2, 0.25) is 0 Å². The minimum Gasteiger partial charge on any atom is -0.382 e. The number of anilines is 1. The van der Waals surface area contributed by atoms with E-state index in [9.17, 15) is 9.18 Å². The number of rotatable bonds is 4. The zero-order valence-electron chi connectivity index (χ0n) is 8.01. The van der Waals surface area contributed by atoms with Gasteiger partial charge in [0, 0.05) is 6.54 Å². The summed E-state index contributed by atoms with van der Waals surface area (Å²) in [4.78, 5) is 11.0. The van der Waals surface area contributed by atoms with Gasteiger partial charge in [0.05, 0.1) is 11.3 Å². The maximum absolute atomic E-state index is 13.3. The number of primary amides is 1. The van der Waals surface area contributed by atoms with Gasteiger partial charge in [-0.25, -0.2) is 4.39 Å². The van der Waals surface area contributed by atoms with E-state index >= 15 is 0 Å². The molecule has 0 bridgehead atoms. The van der Waals surface area contributed by atoms with Gasteiger partial charge in [-0.1, -0.05) is 13.0 Å². The molecule has 1 aromatic rings. The molecule has 0 atom stereocenters. The monoisotopic (exact) mass is 196 g/mol. The van der Waals surface area contributed by atoms with E-state index in [0.717, 1.165) is 6.42 Å². The highest BCUT2D eigenvalue weighted by Gasteiger charge is 2.11. The van der Waals surface area contributed by atoms with Gasteiger partial charge < -0.3 is 11.1 Å². The summed E-state index contributed by atoms with van der Waals surface area (Å²) >= 11 is 0. The smallest absolute Gasteiger partial charge is 0.250 e. The Hall–Kier alpha value is -1.58. The van der Waals surface area contributed by atoms with Crippen LogP contribution in [0.4, 0.5) is 10.1 Å². The van der Waals surface area contributed by atoms with Crippen LogP contribution in [0, 0.1) is 5.82 Å². The number of amides is 1. The summed E-state index contributed by atoms with van der Waals surface area (Å²) in [6, 6.07) is 4.26. The van der Waals surface area contributed by atoms with Crippen LogP contribution in [-0.2, 0) is 0 Å². The van der Waals surface area contributed by atoms with Crippen molar-refractivity contribution in [1.29, 1.82) is 0 Å². The Kier molecular flexibility index (Phi) is 3.45. The third-order valence-electron chi connectivity index (χ3n) is 1.83. The molecule has 0 spiro atoms. The molecule has 14 heavy (non-hydrogen) atoms. The van der Waals surface area contributed by atoms with E-state index in [-0.39, 0.29) is 11.3 Å². The summed E-state index contributed by atoms with van der Waals surface area (Å²) in [5.74, 6) is -1.07. The van der Waals surface area contributed by atoms with Gasteiger partial charge in [-0.2, -0.15) is 0 Å². The number of halogens is 1. The first kappa shape index (κ1) is 10.5. The van der Waals surface area contributed by atoms with E-state index in [4.69, 9.17) is 5.73 Å². The number of hydrogen-bond acceptors (Lipinski definition) is 2. The highest BCUT2D eigenvalue weighted by molar-refractivity contribution is 5.98. The van der Waals surface area contributed by atoms with Crippen molar-refractivity contribution in [1.82, 2.24) is 0 Å². The van der Waals surface area contributed by atoms with E-state index in [1.807, 2.05) is 6.92 Å². The molecule has 0 aliphatic heterocycles. The topological polar surface area (TPSA) is 55.1 Å². The van der Waals surface area contributed by atoms with Crippen LogP contribution >= 0.6 is 0 Å². The van der Waals surface area contributed by atoms with Gasteiger partial charge in [0.25, 0.3) is 5.91 Å². The zero-order valence-corrected chi connectivity index (χ0v) is 8.01. The second-order valence-corrected chi connectivity index (χ2v) is 2.95. The predicted molar refractivity (Wildman–Crippen MR) is 53.7 cm³/mol. The van der Waals surface area contributed by atoms with Crippen LogP contribution in [-0.4, -0.2) is 12.5 Å². The molecule has 76 valence electrons. The van der Waals surface area contributed by atoms with E-state index < -0.39 is 11.7 Å². The molecule has 0 aliphatic rings. The second kappa shape index (κ2) is 4.60. The molecule has 0 aromatic heterocycles. The van der Waals surface area contributed by atoms with Crippen molar-refractivity contribution >= 4 is 11.6 Å². The number of carbonyl (C=O) groups excluding carboxylic acids is 1. The van der Waals surface area contributed by atoms with Crippen LogP contribution in [0.15, 0.2) is 18.2 Å². The number of nitrogens with one attached hydrogen (secondary N) is 1. The van der Waals surface area contributed by atoms with Crippen molar-refractivity contribution in [2.24, 2.45) is 5.73 Å². The Morgan fingerprint density at radius 3 is 2.86 bits per heavy atom. The molecule has 1 amide bonds. The highest BCUT2D eigenvalue weighted by atomic mass is 19.1. The van der Waals surface area contributed by atoms with Crippen LogP contribution in [0.2, 0.25) is 0 Å². The molecular formula is C10H13FN2O. The molecule has 1 aromatic carbocycles. The third-order valence-corrected chi connectivity index (χ3v) is 1.83. The number of para-hydroxylation sites is 1. The number of hydrogen-bond donors (Lipinski definition) is 2. The first-order valence-corrected chi connectivity index (χ1v) is 4.49. The molecule has 0 aliphatic carbocycles. The predicted octanol–water partition coefficient (Wildman–Crippen LogP) is 1.75. The lowest BCUT2D eigenvalue weighted by atomic mass is 10.1. The summed E-state index contributed by atoms with van der Waals surface area (Å²) in [6.45, 7) is 2.57. The van der Waals surface area contributed by atoms with Gasteiger partial charge in [0.15, 0.2) is 0 Å². The minimum atomic E-state index is -0.622. The van der Waals surface area contributed by atoms with Gasteiger partial charge in [-0.05, 0) is 18.6 Å². The summed E-state index contributed by atoms with van der Waals surface area (Å²) in [5.41, 5.74) is 5.50. The zero-order chi connectivity index (χ0) is 10.6. The van der Waals surface area contributed by atoms with Gasteiger partial charge >= 0.3 is 0 Å². The normalized spacial score (nSPS) is 9.86. The summed E-state index contributed by atoms with van der Waals surface area (Å²) in [5, 5.41) is 2.84. The quantitative estimate of drug-likeness (QED) is 0.770. The molecule has 0 radical (unpaired) electrons. The first-order chi connectivity index (χ1) is 6.66. The molecule has 0 saturated heterocycles. The number of benzene rings is 1. The second-order valence-electron chi connectivity index (χ2n) is 2.95. The van der Waals surface area contributed by atoms with Crippen molar-refractivity contribution in [3.05, 3.63) is 29.6 Å². The molecule has 4 heteroatoms. The van der Waals surface area contributed by atoms with E-state index in [1.165, 1.54) is 18.2 Å². The van der Waals surface area contributed by atoms with Crippen LogP contribution in [0.3, 0.4) is 0 Å². The Bertz CT molecular complexity index is 339. The fourth-order valence-electron chi connectivity index (χ4n) is 1.16. The van der Waals surface area contributed by atoms with Crippen molar-refractivity contribution in [2.75, 3.05) is 11.9 Å². The fourth-order valence-corrected chi connectivity index (χ4v) is 1.16. The lowest BCUT2D eigenvalue weighted by Crippen LogP contribution is -2.15. The Labute approximate surface area is 82.1 Å². The lowest BCUT2D eigenvalue weighted by molar-refractivity contribution is 0.100. The molecule has 0 heterocycles. The largest absolute Gasteiger partial charge is 0.382 e. The van der Waals surface area contributed by atoms with E-state index in [0.29, 0.717) is 6.54 Å². The third kappa shape index (κ3) is 2.22. The first-order valence-electron chi connectivity index (χ1n) is 4.49. The number of nitrogens with two attached hydrogens (primary N) is 1. The average molecular weight is 196 g/mol. The maximum Gasteiger partial charge on any atom is 0.250 e. The van der Waals surface area contributed by atoms with Crippen LogP contribution in [0.1, 0.15) is 23.7 Å². The molecule has 0 unspecified atom stereocenters. The molecule has 3 nitrogen and oxygen atoms in total. The summed E-state index contributed by atoms with van der Waals surface area (Å²) in [6.07, 6.45) is 0.854. The van der Waals surface area contributed by atoms with E-state index in [2.05, 4.69) is 5.32 Å². The van der Waals surface area contributed by atoms with E-state index in [1.54, 1.807) is 0 Å².